The first kappa shape index (κ1) is 17.8. The molecule has 3 rings (SSSR count). The summed E-state index contributed by atoms with van der Waals surface area (Å²) < 4.78 is 30.4. The molecule has 1 N–H and O–H groups in total. The van der Waals surface area contributed by atoms with E-state index in [2.05, 4.69) is 38.6 Å². The van der Waals surface area contributed by atoms with Crippen molar-refractivity contribution >= 4 is 38.4 Å². The Morgan fingerprint density at radius 2 is 1.67 bits per heavy atom. The summed E-state index contributed by atoms with van der Waals surface area (Å²) in [5, 5.41) is 8.65. The van der Waals surface area contributed by atoms with Crippen molar-refractivity contribution in [1.29, 1.82) is 0 Å². The van der Waals surface area contributed by atoms with Crippen LogP contribution in [-0.4, -0.2) is 43.3 Å². The standard InChI is InChI=1S/C17H21NO3S3/c19-24(20,21)11-1-6-18-7-2-14(3-8-18)17(15-4-9-22-12-15)16-5-10-23-13-16/h4-5,9-10,12-13H,1-3,6-8,11H2,(H,19,20,21). The van der Waals surface area contributed by atoms with Crippen LogP contribution >= 0.6 is 22.7 Å². The molecule has 0 saturated carbocycles. The molecule has 3 heterocycles. The largest absolute Gasteiger partial charge is 0.303 e. The van der Waals surface area contributed by atoms with Crippen LogP contribution in [0.15, 0.2) is 39.2 Å². The summed E-state index contributed by atoms with van der Waals surface area (Å²) >= 11 is 3.44. The first-order chi connectivity index (χ1) is 11.5. The summed E-state index contributed by atoms with van der Waals surface area (Å²) in [7, 11) is -3.84. The predicted molar refractivity (Wildman–Crippen MR) is 101 cm³/mol. The highest BCUT2D eigenvalue weighted by atomic mass is 32.2. The highest BCUT2D eigenvalue weighted by Crippen LogP contribution is 2.34. The van der Waals surface area contributed by atoms with Crippen LogP contribution in [0.25, 0.3) is 5.57 Å². The minimum absolute atomic E-state index is 0.152. The minimum Gasteiger partial charge on any atom is -0.303 e. The van der Waals surface area contributed by atoms with Crippen LogP contribution in [0.1, 0.15) is 30.4 Å². The van der Waals surface area contributed by atoms with Gasteiger partial charge >= 0.3 is 0 Å². The monoisotopic (exact) mass is 383 g/mol. The van der Waals surface area contributed by atoms with Crippen molar-refractivity contribution in [3.8, 4) is 0 Å². The van der Waals surface area contributed by atoms with Gasteiger partial charge < -0.3 is 4.90 Å². The summed E-state index contributed by atoms with van der Waals surface area (Å²) in [6, 6.07) is 4.37. The minimum atomic E-state index is -3.84. The zero-order valence-electron chi connectivity index (χ0n) is 13.3. The number of hydrogen-bond donors (Lipinski definition) is 1. The second-order valence-electron chi connectivity index (χ2n) is 5.98. The molecule has 0 amide bonds. The fraction of sp³-hybridized carbons (Fsp3) is 0.412. The third kappa shape index (κ3) is 4.77. The summed E-state index contributed by atoms with van der Waals surface area (Å²) in [5.41, 5.74) is 5.45. The van der Waals surface area contributed by atoms with Gasteiger partial charge in [-0.2, -0.15) is 31.1 Å². The Balaban J connectivity index is 1.68. The fourth-order valence-corrected chi connectivity index (χ4v) is 4.94. The SMILES string of the molecule is O=S(=O)(O)CCCN1CCC(=C(c2ccsc2)c2ccsc2)CC1. The molecule has 0 spiro atoms. The quantitative estimate of drug-likeness (QED) is 0.767. The average Bonchev–Trinajstić information content (AvgIpc) is 3.22. The van der Waals surface area contributed by atoms with E-state index >= 15 is 0 Å². The lowest BCUT2D eigenvalue weighted by Gasteiger charge is -2.29. The summed E-state index contributed by atoms with van der Waals surface area (Å²) in [6.45, 7) is 2.61. The molecule has 0 bridgehead atoms. The topological polar surface area (TPSA) is 57.6 Å². The van der Waals surface area contributed by atoms with E-state index in [4.69, 9.17) is 4.55 Å². The maximum Gasteiger partial charge on any atom is 0.264 e. The molecule has 0 aromatic carbocycles. The molecular formula is C17H21NO3S3. The smallest absolute Gasteiger partial charge is 0.264 e. The molecule has 0 unspecified atom stereocenters. The third-order valence-corrected chi connectivity index (χ3v) is 6.48. The van der Waals surface area contributed by atoms with Gasteiger partial charge in [-0.3, -0.25) is 4.55 Å². The van der Waals surface area contributed by atoms with Gasteiger partial charge in [-0.1, -0.05) is 5.57 Å². The van der Waals surface area contributed by atoms with Gasteiger partial charge in [-0.15, -0.1) is 0 Å². The van der Waals surface area contributed by atoms with Crippen molar-refractivity contribution in [3.63, 3.8) is 0 Å². The molecule has 7 heteroatoms. The third-order valence-electron chi connectivity index (χ3n) is 4.31. The van der Waals surface area contributed by atoms with E-state index in [-0.39, 0.29) is 5.75 Å². The van der Waals surface area contributed by atoms with Crippen molar-refractivity contribution < 1.29 is 13.0 Å². The molecule has 24 heavy (non-hydrogen) atoms. The number of nitrogens with zero attached hydrogens (tertiary/aromatic N) is 1. The summed E-state index contributed by atoms with van der Waals surface area (Å²) in [4.78, 5) is 2.29. The summed E-state index contributed by atoms with van der Waals surface area (Å²) in [6.07, 6.45) is 2.50. The van der Waals surface area contributed by atoms with Crippen LogP contribution in [0, 0.1) is 0 Å². The first-order valence-electron chi connectivity index (χ1n) is 7.97. The maximum atomic E-state index is 10.8. The predicted octanol–water partition coefficient (Wildman–Crippen LogP) is 3.99. The number of piperidine rings is 1. The van der Waals surface area contributed by atoms with E-state index < -0.39 is 10.1 Å². The van der Waals surface area contributed by atoms with Crippen LogP contribution in [-0.2, 0) is 10.1 Å². The second-order valence-corrected chi connectivity index (χ2v) is 9.12. The summed E-state index contributed by atoms with van der Waals surface area (Å²) in [5.74, 6) is -0.152. The molecule has 1 saturated heterocycles. The Labute approximate surface area is 151 Å². The molecule has 1 aliphatic heterocycles. The van der Waals surface area contributed by atoms with Gasteiger partial charge in [0.2, 0.25) is 0 Å². The van der Waals surface area contributed by atoms with Crippen molar-refractivity contribution in [1.82, 2.24) is 4.90 Å². The van der Waals surface area contributed by atoms with Gasteiger partial charge in [0.15, 0.2) is 0 Å². The number of rotatable bonds is 6. The fourth-order valence-electron chi connectivity index (χ4n) is 3.16. The van der Waals surface area contributed by atoms with E-state index in [0.29, 0.717) is 6.42 Å². The zero-order valence-corrected chi connectivity index (χ0v) is 15.8. The Hall–Kier alpha value is -0.990. The number of hydrogen-bond acceptors (Lipinski definition) is 5. The van der Waals surface area contributed by atoms with Crippen LogP contribution in [0.2, 0.25) is 0 Å². The Morgan fingerprint density at radius 1 is 1.08 bits per heavy atom. The highest BCUT2D eigenvalue weighted by Gasteiger charge is 2.19. The van der Waals surface area contributed by atoms with Gasteiger partial charge in [0.05, 0.1) is 5.75 Å². The first-order valence-corrected chi connectivity index (χ1v) is 11.5. The zero-order chi connectivity index (χ0) is 17.0. The van der Waals surface area contributed by atoms with Crippen molar-refractivity contribution in [3.05, 3.63) is 50.4 Å². The van der Waals surface area contributed by atoms with Crippen LogP contribution in [0.4, 0.5) is 0 Å². The van der Waals surface area contributed by atoms with E-state index in [1.807, 2.05) is 0 Å². The molecule has 0 aliphatic carbocycles. The number of thiophene rings is 2. The van der Waals surface area contributed by atoms with Gasteiger partial charge in [-0.25, -0.2) is 0 Å². The number of likely N-dealkylation sites (tertiary alicyclic amines) is 1. The van der Waals surface area contributed by atoms with E-state index in [9.17, 15) is 8.42 Å². The van der Waals surface area contributed by atoms with Crippen molar-refractivity contribution in [2.75, 3.05) is 25.4 Å². The molecule has 1 fully saturated rings. The lowest BCUT2D eigenvalue weighted by Crippen LogP contribution is -2.32. The van der Waals surface area contributed by atoms with Crippen LogP contribution in [0.3, 0.4) is 0 Å². The molecular weight excluding hydrogens is 362 g/mol. The van der Waals surface area contributed by atoms with E-state index in [1.165, 1.54) is 22.3 Å². The van der Waals surface area contributed by atoms with Gasteiger partial charge in [0.25, 0.3) is 10.1 Å². The molecule has 2 aromatic heterocycles. The molecule has 4 nitrogen and oxygen atoms in total. The average molecular weight is 384 g/mol. The Bertz CT molecular complexity index is 731. The molecule has 0 atom stereocenters. The van der Waals surface area contributed by atoms with Gasteiger partial charge in [-0.05, 0) is 76.2 Å². The van der Waals surface area contributed by atoms with Crippen molar-refractivity contribution in [2.24, 2.45) is 0 Å². The van der Waals surface area contributed by atoms with Crippen molar-refractivity contribution in [2.45, 2.75) is 19.3 Å². The molecule has 130 valence electrons. The van der Waals surface area contributed by atoms with Crippen LogP contribution < -0.4 is 0 Å². The lowest BCUT2D eigenvalue weighted by atomic mass is 9.91. The second kappa shape index (κ2) is 7.93. The van der Waals surface area contributed by atoms with E-state index in [0.717, 1.165) is 32.5 Å². The van der Waals surface area contributed by atoms with E-state index in [1.54, 1.807) is 22.7 Å². The Morgan fingerprint density at radius 3 is 2.12 bits per heavy atom. The lowest BCUT2D eigenvalue weighted by molar-refractivity contribution is 0.257. The molecule has 1 aliphatic rings. The van der Waals surface area contributed by atoms with Gasteiger partial charge in [0.1, 0.15) is 0 Å². The maximum absolute atomic E-state index is 10.8. The van der Waals surface area contributed by atoms with Crippen LogP contribution in [0.5, 0.6) is 0 Å². The normalized spacial score (nSPS) is 16.5. The molecule has 0 radical (unpaired) electrons. The van der Waals surface area contributed by atoms with Gasteiger partial charge in [0, 0.05) is 13.1 Å². The Kier molecular flexibility index (Phi) is 5.89. The highest BCUT2D eigenvalue weighted by molar-refractivity contribution is 7.85. The molecule has 2 aromatic rings.